The minimum atomic E-state index is 0.00603. The monoisotopic (exact) mass is 297 g/mol. The van der Waals surface area contributed by atoms with E-state index in [9.17, 15) is 4.79 Å². The van der Waals surface area contributed by atoms with Gasteiger partial charge in [-0.2, -0.15) is 0 Å². The summed E-state index contributed by atoms with van der Waals surface area (Å²) in [6, 6.07) is 0. The first-order valence-corrected chi connectivity index (χ1v) is 8.22. The van der Waals surface area contributed by atoms with Gasteiger partial charge in [-0.3, -0.25) is 4.79 Å². The third-order valence-electron chi connectivity index (χ3n) is 5.30. The van der Waals surface area contributed by atoms with E-state index >= 15 is 0 Å². The molecule has 0 N–H and O–H groups in total. The number of amides is 1. The molecule has 3 rings (SSSR count). The van der Waals surface area contributed by atoms with Gasteiger partial charge in [-0.25, -0.2) is 0 Å². The van der Waals surface area contributed by atoms with Gasteiger partial charge >= 0.3 is 0 Å². The molecule has 5 heteroatoms. The summed E-state index contributed by atoms with van der Waals surface area (Å²) in [6.45, 7) is 4.60. The predicted molar refractivity (Wildman–Crippen MR) is 78.0 cm³/mol. The van der Waals surface area contributed by atoms with Crippen LogP contribution in [0.1, 0.15) is 32.1 Å². The lowest BCUT2D eigenvalue weighted by molar-refractivity contribution is -0.166. The number of carbonyl (C=O) groups excluding carboxylic acids is 1. The zero-order valence-electron chi connectivity index (χ0n) is 13.0. The summed E-state index contributed by atoms with van der Waals surface area (Å²) in [7, 11) is 1.75. The molecule has 2 atom stereocenters. The van der Waals surface area contributed by atoms with Gasteiger partial charge in [0.2, 0.25) is 5.91 Å². The first kappa shape index (κ1) is 15.3. The normalized spacial score (nSPS) is 34.5. The van der Waals surface area contributed by atoms with E-state index in [1.54, 1.807) is 7.11 Å². The molecular weight excluding hydrogens is 270 g/mol. The van der Waals surface area contributed by atoms with Crippen LogP contribution in [0.3, 0.4) is 0 Å². The highest BCUT2D eigenvalue weighted by Crippen LogP contribution is 2.41. The van der Waals surface area contributed by atoms with Crippen LogP contribution in [0.25, 0.3) is 0 Å². The third kappa shape index (κ3) is 3.10. The fraction of sp³-hybridized carbons (Fsp3) is 0.938. The Hall–Kier alpha value is -0.650. The molecule has 0 radical (unpaired) electrons. The SMILES string of the molecule is COC[C@]12CCCO[C@@H]1CCN(C(=O)C1CCOCC1)C2. The molecule has 0 aromatic rings. The molecule has 120 valence electrons. The number of hydrogen-bond donors (Lipinski definition) is 0. The van der Waals surface area contributed by atoms with Gasteiger partial charge in [0.1, 0.15) is 0 Å². The lowest BCUT2D eigenvalue weighted by atomic mass is 9.72. The number of nitrogens with zero attached hydrogens (tertiary/aromatic N) is 1. The maximum absolute atomic E-state index is 12.8. The van der Waals surface area contributed by atoms with E-state index in [1.165, 1.54) is 0 Å². The van der Waals surface area contributed by atoms with E-state index in [0.29, 0.717) is 12.5 Å². The molecular formula is C16H27NO4. The number of piperidine rings is 1. The van der Waals surface area contributed by atoms with Crippen LogP contribution in [0.4, 0.5) is 0 Å². The van der Waals surface area contributed by atoms with Gasteiger partial charge < -0.3 is 19.1 Å². The molecule has 0 aromatic carbocycles. The van der Waals surface area contributed by atoms with Crippen molar-refractivity contribution < 1.29 is 19.0 Å². The quantitative estimate of drug-likeness (QED) is 0.791. The van der Waals surface area contributed by atoms with Gasteiger partial charge in [0.25, 0.3) is 0 Å². The van der Waals surface area contributed by atoms with Crippen LogP contribution >= 0.6 is 0 Å². The number of ether oxygens (including phenoxy) is 3. The molecule has 3 heterocycles. The molecule has 0 aliphatic carbocycles. The number of methoxy groups -OCH3 is 1. The number of likely N-dealkylation sites (tertiary alicyclic amines) is 1. The summed E-state index contributed by atoms with van der Waals surface area (Å²) < 4.78 is 16.8. The zero-order valence-corrected chi connectivity index (χ0v) is 13.0. The molecule has 21 heavy (non-hydrogen) atoms. The molecule has 0 unspecified atom stereocenters. The van der Waals surface area contributed by atoms with Gasteiger partial charge in [0, 0.05) is 51.4 Å². The second-order valence-electron chi connectivity index (χ2n) is 6.69. The van der Waals surface area contributed by atoms with Crippen molar-refractivity contribution in [2.45, 2.75) is 38.2 Å². The van der Waals surface area contributed by atoms with Crippen molar-refractivity contribution in [2.75, 3.05) is 46.6 Å². The van der Waals surface area contributed by atoms with Crippen molar-refractivity contribution in [3.8, 4) is 0 Å². The Labute approximate surface area is 126 Å². The lowest BCUT2D eigenvalue weighted by Crippen LogP contribution is -2.58. The molecule has 5 nitrogen and oxygen atoms in total. The molecule has 0 saturated carbocycles. The Morgan fingerprint density at radius 1 is 1.29 bits per heavy atom. The molecule has 0 aromatic heterocycles. The van der Waals surface area contributed by atoms with Gasteiger partial charge in [0.05, 0.1) is 12.7 Å². The summed E-state index contributed by atoms with van der Waals surface area (Å²) in [5, 5.41) is 0. The van der Waals surface area contributed by atoms with Crippen molar-refractivity contribution >= 4 is 5.91 Å². The summed E-state index contributed by atoms with van der Waals surface area (Å²) in [5.41, 5.74) is 0.00603. The Morgan fingerprint density at radius 2 is 2.10 bits per heavy atom. The van der Waals surface area contributed by atoms with Crippen LogP contribution in [0.5, 0.6) is 0 Å². The molecule has 3 saturated heterocycles. The number of rotatable bonds is 3. The highest BCUT2D eigenvalue weighted by Gasteiger charge is 2.47. The summed E-state index contributed by atoms with van der Waals surface area (Å²) >= 11 is 0. The Kier molecular flexibility index (Phi) is 4.82. The van der Waals surface area contributed by atoms with E-state index < -0.39 is 0 Å². The first-order chi connectivity index (χ1) is 10.2. The highest BCUT2D eigenvalue weighted by molar-refractivity contribution is 5.79. The molecule has 3 fully saturated rings. The average molecular weight is 297 g/mol. The van der Waals surface area contributed by atoms with Crippen LogP contribution < -0.4 is 0 Å². The van der Waals surface area contributed by atoms with E-state index in [1.807, 2.05) is 0 Å². The number of fused-ring (bicyclic) bond motifs is 1. The highest BCUT2D eigenvalue weighted by atomic mass is 16.5. The Bertz CT molecular complexity index is 365. The van der Waals surface area contributed by atoms with Crippen molar-refractivity contribution in [3.63, 3.8) is 0 Å². The molecule has 1 amide bonds. The van der Waals surface area contributed by atoms with Gasteiger partial charge in [-0.1, -0.05) is 0 Å². The van der Waals surface area contributed by atoms with Crippen LogP contribution in [0.15, 0.2) is 0 Å². The number of hydrogen-bond acceptors (Lipinski definition) is 4. The standard InChI is InChI=1S/C16H27NO4/c1-19-12-16-6-2-8-21-14(16)3-7-17(11-16)15(18)13-4-9-20-10-5-13/h13-14H,2-12H2,1H3/t14-,16-/m1/s1. The Morgan fingerprint density at radius 3 is 2.86 bits per heavy atom. The predicted octanol–water partition coefficient (Wildman–Crippen LogP) is 1.46. The first-order valence-electron chi connectivity index (χ1n) is 8.22. The largest absolute Gasteiger partial charge is 0.384 e. The molecule has 0 spiro atoms. The molecule has 3 aliphatic heterocycles. The second kappa shape index (κ2) is 6.63. The number of carbonyl (C=O) groups is 1. The van der Waals surface area contributed by atoms with Gasteiger partial charge in [-0.05, 0) is 32.1 Å². The summed E-state index contributed by atoms with van der Waals surface area (Å²) in [4.78, 5) is 14.8. The Balaban J connectivity index is 1.68. The van der Waals surface area contributed by atoms with E-state index in [0.717, 1.165) is 65.0 Å². The lowest BCUT2D eigenvalue weighted by Gasteiger charge is -2.50. The minimum absolute atomic E-state index is 0.00603. The van der Waals surface area contributed by atoms with Crippen molar-refractivity contribution in [1.29, 1.82) is 0 Å². The maximum atomic E-state index is 12.8. The smallest absolute Gasteiger partial charge is 0.225 e. The summed E-state index contributed by atoms with van der Waals surface area (Å²) in [6.07, 6.45) is 5.10. The molecule has 0 bridgehead atoms. The van der Waals surface area contributed by atoms with Crippen LogP contribution in [0.2, 0.25) is 0 Å². The van der Waals surface area contributed by atoms with E-state index in [-0.39, 0.29) is 17.4 Å². The minimum Gasteiger partial charge on any atom is -0.384 e. The van der Waals surface area contributed by atoms with Gasteiger partial charge in [-0.15, -0.1) is 0 Å². The second-order valence-corrected chi connectivity index (χ2v) is 6.69. The zero-order chi connectivity index (χ0) is 14.7. The third-order valence-corrected chi connectivity index (χ3v) is 5.30. The topological polar surface area (TPSA) is 48.0 Å². The molecule has 3 aliphatic rings. The maximum Gasteiger partial charge on any atom is 0.225 e. The fourth-order valence-electron chi connectivity index (χ4n) is 4.18. The van der Waals surface area contributed by atoms with Gasteiger partial charge in [0.15, 0.2) is 0 Å². The van der Waals surface area contributed by atoms with Crippen molar-refractivity contribution in [1.82, 2.24) is 4.90 Å². The van der Waals surface area contributed by atoms with Crippen molar-refractivity contribution in [3.05, 3.63) is 0 Å². The van der Waals surface area contributed by atoms with Crippen LogP contribution in [-0.2, 0) is 19.0 Å². The fourth-order valence-corrected chi connectivity index (χ4v) is 4.18. The summed E-state index contributed by atoms with van der Waals surface area (Å²) in [5.74, 6) is 0.470. The van der Waals surface area contributed by atoms with Crippen molar-refractivity contribution in [2.24, 2.45) is 11.3 Å². The van der Waals surface area contributed by atoms with E-state index in [2.05, 4.69) is 4.90 Å². The van der Waals surface area contributed by atoms with Crippen LogP contribution in [-0.4, -0.2) is 63.5 Å². The van der Waals surface area contributed by atoms with E-state index in [4.69, 9.17) is 14.2 Å². The van der Waals surface area contributed by atoms with Crippen LogP contribution in [0, 0.1) is 11.3 Å². The average Bonchev–Trinajstić information content (AvgIpc) is 2.54.